The molecule has 0 heterocycles. The predicted molar refractivity (Wildman–Crippen MR) is 78.9 cm³/mol. The van der Waals surface area contributed by atoms with Crippen LogP contribution >= 0.6 is 0 Å². The van der Waals surface area contributed by atoms with E-state index in [9.17, 15) is 14.0 Å². The van der Waals surface area contributed by atoms with Crippen LogP contribution in [0, 0.1) is 12.7 Å². The summed E-state index contributed by atoms with van der Waals surface area (Å²) in [5.41, 5.74) is 1.18. The maximum atomic E-state index is 13.2. The number of aryl methyl sites for hydroxylation is 1. The van der Waals surface area contributed by atoms with Crippen molar-refractivity contribution in [2.45, 2.75) is 39.7 Å². The van der Waals surface area contributed by atoms with Crippen molar-refractivity contribution < 1.29 is 19.1 Å². The second kappa shape index (κ2) is 7.61. The second-order valence-electron chi connectivity index (χ2n) is 5.17. The summed E-state index contributed by atoms with van der Waals surface area (Å²) in [6, 6.07) is 3.76. The third kappa shape index (κ3) is 5.41. The highest BCUT2D eigenvalue weighted by Gasteiger charge is 2.18. The highest BCUT2D eigenvalue weighted by molar-refractivity contribution is 5.90. The number of halogens is 1. The van der Waals surface area contributed by atoms with Gasteiger partial charge in [0.25, 0.3) is 0 Å². The van der Waals surface area contributed by atoms with Gasteiger partial charge in [-0.15, -0.1) is 0 Å². The summed E-state index contributed by atoms with van der Waals surface area (Å²) in [6.07, 6.45) is 0.387. The van der Waals surface area contributed by atoms with Gasteiger partial charge in [-0.3, -0.25) is 4.79 Å². The molecule has 2 N–H and O–H groups in total. The van der Waals surface area contributed by atoms with Gasteiger partial charge in [-0.2, -0.15) is 0 Å². The van der Waals surface area contributed by atoms with Crippen LogP contribution in [0.2, 0.25) is 0 Å². The van der Waals surface area contributed by atoms with Crippen LogP contribution in [0.5, 0.6) is 0 Å². The molecule has 0 saturated heterocycles. The summed E-state index contributed by atoms with van der Waals surface area (Å²) in [4.78, 5) is 24.3. The molecule has 0 aliphatic rings. The third-order valence-electron chi connectivity index (χ3n) is 3.12. The maximum absolute atomic E-state index is 13.2. The van der Waals surface area contributed by atoms with Crippen molar-refractivity contribution in [1.82, 2.24) is 4.90 Å². The lowest BCUT2D eigenvalue weighted by Crippen LogP contribution is -2.41. The average Bonchev–Trinajstić information content (AvgIpc) is 2.38. The Kier molecular flexibility index (Phi) is 6.14. The van der Waals surface area contributed by atoms with Crippen molar-refractivity contribution in [3.05, 3.63) is 29.6 Å². The molecule has 0 saturated carbocycles. The number of nitrogens with one attached hydrogen (secondary N) is 1. The monoisotopic (exact) mass is 296 g/mol. The van der Waals surface area contributed by atoms with Crippen LogP contribution in [-0.2, 0) is 4.79 Å². The molecule has 0 unspecified atom stereocenters. The minimum absolute atomic E-state index is 0.00942. The molecular weight excluding hydrogens is 275 g/mol. The summed E-state index contributed by atoms with van der Waals surface area (Å²) < 4.78 is 13.2. The van der Waals surface area contributed by atoms with Crippen LogP contribution in [0.25, 0.3) is 0 Å². The first kappa shape index (κ1) is 16.9. The Balaban J connectivity index is 2.72. The van der Waals surface area contributed by atoms with Crippen LogP contribution < -0.4 is 5.32 Å². The Morgan fingerprint density at radius 3 is 2.62 bits per heavy atom. The van der Waals surface area contributed by atoms with Gasteiger partial charge in [0.2, 0.25) is 0 Å². The van der Waals surface area contributed by atoms with Gasteiger partial charge in [-0.25, -0.2) is 9.18 Å². The SMILES string of the molecule is Cc1ccc(F)cc1NC(=O)N(CCCC(=O)O)C(C)C. The van der Waals surface area contributed by atoms with E-state index in [4.69, 9.17) is 5.11 Å². The first-order valence-electron chi connectivity index (χ1n) is 6.87. The normalized spacial score (nSPS) is 10.5. The molecule has 0 fully saturated rings. The number of rotatable bonds is 6. The van der Waals surface area contributed by atoms with E-state index in [0.717, 1.165) is 5.56 Å². The molecule has 0 aliphatic carbocycles. The second-order valence-corrected chi connectivity index (χ2v) is 5.17. The number of aliphatic carboxylic acids is 1. The predicted octanol–water partition coefficient (Wildman–Crippen LogP) is 3.24. The van der Waals surface area contributed by atoms with Gasteiger partial charge in [0.1, 0.15) is 5.82 Å². The molecule has 1 aromatic carbocycles. The van der Waals surface area contributed by atoms with Gasteiger partial charge in [-0.05, 0) is 44.9 Å². The van der Waals surface area contributed by atoms with Gasteiger partial charge in [0.05, 0.1) is 0 Å². The zero-order valence-electron chi connectivity index (χ0n) is 12.5. The first-order chi connectivity index (χ1) is 9.81. The smallest absolute Gasteiger partial charge is 0.322 e. The highest BCUT2D eigenvalue weighted by atomic mass is 19.1. The molecule has 1 aromatic rings. The number of amides is 2. The fourth-order valence-corrected chi connectivity index (χ4v) is 1.91. The quantitative estimate of drug-likeness (QED) is 0.846. The number of carbonyl (C=O) groups is 2. The fourth-order valence-electron chi connectivity index (χ4n) is 1.91. The van der Waals surface area contributed by atoms with Crippen molar-refractivity contribution in [3.63, 3.8) is 0 Å². The van der Waals surface area contributed by atoms with Crippen LogP contribution in [0.1, 0.15) is 32.3 Å². The fraction of sp³-hybridized carbons (Fsp3) is 0.467. The third-order valence-corrected chi connectivity index (χ3v) is 3.12. The highest BCUT2D eigenvalue weighted by Crippen LogP contribution is 2.17. The standard InChI is InChI=1S/C15H21FN2O3/c1-10(2)18(8-4-5-14(19)20)15(21)17-13-9-12(16)7-6-11(13)3/h6-7,9-10H,4-5,8H2,1-3H3,(H,17,21)(H,19,20). The van der Waals surface area contributed by atoms with Crippen LogP contribution in [0.3, 0.4) is 0 Å². The van der Waals surface area contributed by atoms with E-state index >= 15 is 0 Å². The lowest BCUT2D eigenvalue weighted by Gasteiger charge is -2.27. The number of benzene rings is 1. The Bertz CT molecular complexity index is 518. The molecule has 5 nitrogen and oxygen atoms in total. The summed E-state index contributed by atoms with van der Waals surface area (Å²) >= 11 is 0. The van der Waals surface area contributed by atoms with E-state index in [2.05, 4.69) is 5.32 Å². The Hall–Kier alpha value is -2.11. The molecule has 21 heavy (non-hydrogen) atoms. The summed E-state index contributed by atoms with van der Waals surface area (Å²) in [6.45, 7) is 5.81. The Morgan fingerprint density at radius 1 is 1.38 bits per heavy atom. The average molecular weight is 296 g/mol. The van der Waals surface area contributed by atoms with E-state index in [1.807, 2.05) is 13.8 Å². The van der Waals surface area contributed by atoms with E-state index in [0.29, 0.717) is 18.7 Å². The molecule has 2 amide bonds. The van der Waals surface area contributed by atoms with Crippen molar-refractivity contribution in [1.29, 1.82) is 0 Å². The summed E-state index contributed by atoms with van der Waals surface area (Å²) in [5, 5.41) is 11.3. The molecular formula is C15H21FN2O3. The summed E-state index contributed by atoms with van der Waals surface area (Å²) in [7, 11) is 0. The van der Waals surface area contributed by atoms with Gasteiger partial charge in [0.15, 0.2) is 0 Å². The number of urea groups is 1. The van der Waals surface area contributed by atoms with Crippen molar-refractivity contribution >= 4 is 17.7 Å². The number of hydrogen-bond donors (Lipinski definition) is 2. The molecule has 0 aliphatic heterocycles. The molecule has 116 valence electrons. The number of carboxylic acid groups (broad SMARTS) is 1. The number of anilines is 1. The molecule has 0 radical (unpaired) electrons. The molecule has 1 rings (SSSR count). The van der Waals surface area contributed by atoms with E-state index in [1.165, 1.54) is 17.0 Å². The minimum Gasteiger partial charge on any atom is -0.481 e. The zero-order chi connectivity index (χ0) is 16.0. The lowest BCUT2D eigenvalue weighted by molar-refractivity contribution is -0.137. The van der Waals surface area contributed by atoms with Crippen LogP contribution in [-0.4, -0.2) is 34.6 Å². The zero-order valence-corrected chi connectivity index (χ0v) is 12.5. The number of nitrogens with zero attached hydrogens (tertiary/aromatic N) is 1. The molecule has 0 spiro atoms. The molecule has 0 atom stereocenters. The summed E-state index contributed by atoms with van der Waals surface area (Å²) in [5.74, 6) is -1.31. The van der Waals surface area contributed by atoms with Crippen molar-refractivity contribution in [2.75, 3.05) is 11.9 Å². The van der Waals surface area contributed by atoms with E-state index in [1.54, 1.807) is 13.0 Å². The van der Waals surface area contributed by atoms with Crippen LogP contribution in [0.4, 0.5) is 14.9 Å². The van der Waals surface area contributed by atoms with Crippen molar-refractivity contribution in [3.8, 4) is 0 Å². The number of hydrogen-bond acceptors (Lipinski definition) is 2. The maximum Gasteiger partial charge on any atom is 0.322 e. The molecule has 6 heteroatoms. The number of carbonyl (C=O) groups excluding carboxylic acids is 1. The lowest BCUT2D eigenvalue weighted by atomic mass is 10.2. The first-order valence-corrected chi connectivity index (χ1v) is 6.87. The van der Waals surface area contributed by atoms with Gasteiger partial charge in [-0.1, -0.05) is 6.07 Å². The van der Waals surface area contributed by atoms with Gasteiger partial charge in [0, 0.05) is 24.7 Å². The molecule has 0 aromatic heterocycles. The Labute approximate surface area is 123 Å². The topological polar surface area (TPSA) is 69.6 Å². The van der Waals surface area contributed by atoms with Crippen LogP contribution in [0.15, 0.2) is 18.2 Å². The van der Waals surface area contributed by atoms with E-state index in [-0.39, 0.29) is 18.5 Å². The van der Waals surface area contributed by atoms with Crippen molar-refractivity contribution in [2.24, 2.45) is 0 Å². The Morgan fingerprint density at radius 2 is 2.05 bits per heavy atom. The van der Waals surface area contributed by atoms with E-state index < -0.39 is 11.8 Å². The van der Waals surface area contributed by atoms with Gasteiger partial charge < -0.3 is 15.3 Å². The molecule has 0 bridgehead atoms. The van der Waals surface area contributed by atoms with Gasteiger partial charge >= 0.3 is 12.0 Å². The number of carboxylic acids is 1. The minimum atomic E-state index is -0.889. The largest absolute Gasteiger partial charge is 0.481 e.